The molecule has 234 valence electrons. The molecule has 0 saturated heterocycles. The molecule has 1 N–H and O–H groups in total. The Labute approximate surface area is 255 Å². The van der Waals surface area contributed by atoms with Gasteiger partial charge >= 0.3 is 5.97 Å². The van der Waals surface area contributed by atoms with Crippen LogP contribution in [0.2, 0.25) is 18.1 Å². The van der Waals surface area contributed by atoms with Crippen LogP contribution < -0.4 is 0 Å². The van der Waals surface area contributed by atoms with E-state index in [1.54, 1.807) is 12.2 Å². The number of aliphatic hydroxyl groups excluding tert-OH is 1. The molecule has 42 heavy (non-hydrogen) atoms. The standard InChI is InChI=1S/C35H54O6Si/c1-26-12-8-13-28-14-9-15-29(39-28)16-11-19-34(37)40-33(32(36)21-20-30-24-27(2)22-23-38-30)18-10-17-31(25-26)41-42(6,7)35(3,4)5/h9-11,15,17,19-22,28-33,36H,1,8,12-14,16,18,23-25H2,2-7H3/b17-10+,19-11+,21-20+/t28-,29+,30-,31+,32-,33+/m1/s1. The summed E-state index contributed by atoms with van der Waals surface area (Å²) in [6.45, 7) is 18.3. The largest absolute Gasteiger partial charge is 0.456 e. The Morgan fingerprint density at radius 2 is 1.88 bits per heavy atom. The van der Waals surface area contributed by atoms with E-state index in [9.17, 15) is 9.90 Å². The van der Waals surface area contributed by atoms with Crippen molar-refractivity contribution in [3.05, 3.63) is 72.4 Å². The Hall–Kier alpha value is -2.03. The molecule has 0 amide bonds. The Morgan fingerprint density at radius 3 is 2.62 bits per heavy atom. The number of ether oxygens (including phenoxy) is 3. The fraction of sp³-hybridized carbons (Fsp3) is 0.629. The molecule has 0 radical (unpaired) electrons. The molecule has 0 spiro atoms. The van der Waals surface area contributed by atoms with Gasteiger partial charge in [0.05, 0.1) is 31.0 Å². The second-order valence-corrected chi connectivity index (χ2v) is 18.3. The summed E-state index contributed by atoms with van der Waals surface area (Å²) in [6, 6.07) is 0. The molecule has 6 nitrogen and oxygen atoms in total. The Kier molecular flexibility index (Phi) is 13.3. The third-order valence-electron chi connectivity index (χ3n) is 8.69. The first kappa shape index (κ1) is 34.5. The predicted octanol–water partition coefficient (Wildman–Crippen LogP) is 7.68. The summed E-state index contributed by atoms with van der Waals surface area (Å²) in [4.78, 5) is 12.8. The molecule has 0 aromatic carbocycles. The number of carbonyl (C=O) groups excluding carboxylic acids is 1. The normalized spacial score (nSPS) is 31.5. The van der Waals surface area contributed by atoms with Crippen LogP contribution in [-0.2, 0) is 23.4 Å². The van der Waals surface area contributed by atoms with Gasteiger partial charge < -0.3 is 23.7 Å². The summed E-state index contributed by atoms with van der Waals surface area (Å²) in [5.74, 6) is -0.478. The molecule has 3 rings (SSSR count). The summed E-state index contributed by atoms with van der Waals surface area (Å²) >= 11 is 0. The highest BCUT2D eigenvalue weighted by atomic mass is 28.4. The van der Waals surface area contributed by atoms with E-state index in [1.807, 2.05) is 12.2 Å². The highest BCUT2D eigenvalue weighted by Crippen LogP contribution is 2.38. The van der Waals surface area contributed by atoms with Crippen molar-refractivity contribution in [3.63, 3.8) is 0 Å². The average molecular weight is 599 g/mol. The molecule has 3 aliphatic heterocycles. The van der Waals surface area contributed by atoms with Crippen LogP contribution in [0.15, 0.2) is 72.4 Å². The number of carbonyl (C=O) groups is 1. The fourth-order valence-electron chi connectivity index (χ4n) is 5.09. The fourth-order valence-corrected chi connectivity index (χ4v) is 6.36. The number of hydrogen-bond donors (Lipinski definition) is 1. The molecule has 0 unspecified atom stereocenters. The van der Waals surface area contributed by atoms with Crippen LogP contribution in [0.1, 0.15) is 79.1 Å². The molecular formula is C35H54O6Si. The third kappa shape index (κ3) is 11.6. The minimum atomic E-state index is -2.06. The lowest BCUT2D eigenvalue weighted by molar-refractivity contribution is -0.147. The van der Waals surface area contributed by atoms with E-state index in [0.717, 1.165) is 44.1 Å². The van der Waals surface area contributed by atoms with Crippen molar-refractivity contribution in [2.24, 2.45) is 0 Å². The highest BCUT2D eigenvalue weighted by Gasteiger charge is 2.38. The van der Waals surface area contributed by atoms with Crippen LogP contribution >= 0.6 is 0 Å². The summed E-state index contributed by atoms with van der Waals surface area (Å²) in [5.41, 5.74) is 2.43. The van der Waals surface area contributed by atoms with E-state index < -0.39 is 26.5 Å². The van der Waals surface area contributed by atoms with Crippen LogP contribution in [-0.4, -0.2) is 62.6 Å². The lowest BCUT2D eigenvalue weighted by Gasteiger charge is -2.39. The van der Waals surface area contributed by atoms with Gasteiger partial charge in [-0.3, -0.25) is 0 Å². The van der Waals surface area contributed by atoms with Gasteiger partial charge in [-0.2, -0.15) is 0 Å². The van der Waals surface area contributed by atoms with Gasteiger partial charge in [-0.15, -0.1) is 0 Å². The van der Waals surface area contributed by atoms with Gasteiger partial charge in [0.1, 0.15) is 12.2 Å². The van der Waals surface area contributed by atoms with Crippen molar-refractivity contribution in [3.8, 4) is 0 Å². The van der Waals surface area contributed by atoms with Crippen molar-refractivity contribution in [2.75, 3.05) is 6.61 Å². The van der Waals surface area contributed by atoms with Crippen molar-refractivity contribution >= 4 is 14.3 Å². The first-order chi connectivity index (χ1) is 19.8. The maximum atomic E-state index is 12.8. The Balaban J connectivity index is 1.81. The molecule has 0 fully saturated rings. The van der Waals surface area contributed by atoms with Crippen LogP contribution in [0.3, 0.4) is 0 Å². The van der Waals surface area contributed by atoms with Crippen molar-refractivity contribution in [1.82, 2.24) is 0 Å². The van der Waals surface area contributed by atoms with Gasteiger partial charge in [0, 0.05) is 12.5 Å². The highest BCUT2D eigenvalue weighted by molar-refractivity contribution is 6.74. The SMILES string of the molecule is C=C1CCC[C@@H]2CC=C[C@@H](C/C=C/C(=O)O[C@H]([C@H](O)/C=C/[C@@H]3CC(C)=CCO3)C/C=C/[C@H](O[Si](C)(C)C(C)(C)C)C1)O2. The Morgan fingerprint density at radius 1 is 1.12 bits per heavy atom. The predicted molar refractivity (Wildman–Crippen MR) is 173 cm³/mol. The second-order valence-electron chi connectivity index (χ2n) is 13.5. The number of aliphatic hydroxyl groups is 1. The van der Waals surface area contributed by atoms with Crippen LogP contribution in [0.4, 0.5) is 0 Å². The number of fused-ring (bicyclic) bond motifs is 2. The van der Waals surface area contributed by atoms with Crippen molar-refractivity contribution < 1.29 is 28.5 Å². The van der Waals surface area contributed by atoms with Gasteiger partial charge in [0.2, 0.25) is 0 Å². The van der Waals surface area contributed by atoms with E-state index in [1.165, 1.54) is 11.6 Å². The quantitative estimate of drug-likeness (QED) is 0.199. The van der Waals surface area contributed by atoms with E-state index in [4.69, 9.17) is 18.6 Å². The summed E-state index contributed by atoms with van der Waals surface area (Å²) in [7, 11) is -2.06. The molecule has 3 aliphatic rings. The zero-order valence-corrected chi connectivity index (χ0v) is 27.7. The first-order valence-electron chi connectivity index (χ1n) is 15.7. The molecule has 2 bridgehead atoms. The van der Waals surface area contributed by atoms with E-state index in [0.29, 0.717) is 19.4 Å². The van der Waals surface area contributed by atoms with Crippen LogP contribution in [0.25, 0.3) is 0 Å². The third-order valence-corrected chi connectivity index (χ3v) is 13.2. The summed E-state index contributed by atoms with van der Waals surface area (Å²) in [6.07, 6.45) is 21.6. The van der Waals surface area contributed by atoms with E-state index in [-0.39, 0.29) is 29.5 Å². The second kappa shape index (κ2) is 16.2. The maximum Gasteiger partial charge on any atom is 0.330 e. The van der Waals surface area contributed by atoms with E-state index >= 15 is 0 Å². The average Bonchev–Trinajstić information content (AvgIpc) is 2.90. The van der Waals surface area contributed by atoms with Gasteiger partial charge in [0.25, 0.3) is 0 Å². The lowest BCUT2D eigenvalue weighted by Crippen LogP contribution is -2.43. The van der Waals surface area contributed by atoms with Gasteiger partial charge in [-0.25, -0.2) is 4.79 Å². The molecule has 6 atom stereocenters. The molecule has 7 heteroatoms. The molecule has 0 aliphatic carbocycles. The minimum absolute atomic E-state index is 0.0579. The zero-order valence-electron chi connectivity index (χ0n) is 26.7. The van der Waals surface area contributed by atoms with Gasteiger partial charge in [-0.05, 0) is 70.0 Å². The molecule has 3 heterocycles. The number of esters is 1. The molecule has 0 saturated carbocycles. The van der Waals surface area contributed by atoms with Crippen molar-refractivity contribution in [2.45, 2.75) is 134 Å². The number of cyclic esters (lactones) is 1. The van der Waals surface area contributed by atoms with E-state index in [2.05, 4.69) is 71.7 Å². The van der Waals surface area contributed by atoms with Crippen molar-refractivity contribution in [1.29, 1.82) is 0 Å². The zero-order chi connectivity index (χ0) is 30.8. The summed E-state index contributed by atoms with van der Waals surface area (Å²) < 4.78 is 24.6. The lowest BCUT2D eigenvalue weighted by atomic mass is 9.99. The minimum Gasteiger partial charge on any atom is -0.456 e. The number of hydrogen-bond acceptors (Lipinski definition) is 6. The smallest absolute Gasteiger partial charge is 0.330 e. The van der Waals surface area contributed by atoms with Crippen LogP contribution in [0, 0.1) is 0 Å². The first-order valence-corrected chi connectivity index (χ1v) is 18.6. The summed E-state index contributed by atoms with van der Waals surface area (Å²) in [5, 5.41) is 11.2. The van der Waals surface area contributed by atoms with Gasteiger partial charge in [0.15, 0.2) is 8.32 Å². The monoisotopic (exact) mass is 598 g/mol. The molecule has 0 aromatic rings. The molecule has 0 aromatic heterocycles. The molecular weight excluding hydrogens is 544 g/mol. The topological polar surface area (TPSA) is 74.2 Å². The maximum absolute atomic E-state index is 12.8. The van der Waals surface area contributed by atoms with Crippen LogP contribution in [0.5, 0.6) is 0 Å². The Bertz CT molecular complexity index is 1050. The van der Waals surface area contributed by atoms with Gasteiger partial charge in [-0.1, -0.05) is 87.1 Å². The number of rotatable bonds is 5.